The topological polar surface area (TPSA) is 29.3 Å². The smallest absolute Gasteiger partial charge is 0.139 e. The summed E-state index contributed by atoms with van der Waals surface area (Å²) >= 11 is 0. The zero-order valence-corrected chi connectivity index (χ0v) is 11.7. The quantitative estimate of drug-likeness (QED) is 0.853. The summed E-state index contributed by atoms with van der Waals surface area (Å²) in [5.74, 6) is 0. The van der Waals surface area contributed by atoms with Gasteiger partial charge in [-0.2, -0.15) is 0 Å². The summed E-state index contributed by atoms with van der Waals surface area (Å²) in [6.07, 6.45) is 12.4. The Kier molecular flexibility index (Phi) is 3.83. The summed E-state index contributed by atoms with van der Waals surface area (Å²) in [7, 11) is 0. The van der Waals surface area contributed by atoms with E-state index in [0.717, 1.165) is 17.9 Å². The second-order valence-corrected chi connectivity index (χ2v) is 5.72. The van der Waals surface area contributed by atoms with E-state index in [1.54, 1.807) is 0 Å². The maximum Gasteiger partial charge on any atom is 0.139 e. The molecule has 2 aromatic rings. The van der Waals surface area contributed by atoms with Crippen LogP contribution in [0.25, 0.3) is 5.65 Å². The van der Waals surface area contributed by atoms with Gasteiger partial charge in [-0.25, -0.2) is 4.98 Å². The largest absolute Gasteiger partial charge is 0.308 e. The molecule has 19 heavy (non-hydrogen) atoms. The summed E-state index contributed by atoms with van der Waals surface area (Å²) < 4.78 is 2.12. The Morgan fingerprint density at radius 3 is 2.79 bits per heavy atom. The lowest BCUT2D eigenvalue weighted by atomic mass is 10.1. The fourth-order valence-electron chi connectivity index (χ4n) is 3.02. The fraction of sp³-hybridized carbons (Fsp3) is 0.562. The minimum Gasteiger partial charge on any atom is -0.308 e. The molecule has 0 aliphatic heterocycles. The minimum absolute atomic E-state index is 0.688. The number of aryl methyl sites for hydroxylation is 1. The molecule has 1 aliphatic carbocycles. The van der Waals surface area contributed by atoms with Crippen molar-refractivity contribution in [2.75, 3.05) is 0 Å². The third-order valence-corrected chi connectivity index (χ3v) is 4.15. The number of aromatic nitrogens is 2. The van der Waals surface area contributed by atoms with E-state index in [2.05, 4.69) is 41.2 Å². The second kappa shape index (κ2) is 5.74. The van der Waals surface area contributed by atoms with Crippen LogP contribution in [-0.4, -0.2) is 15.4 Å². The van der Waals surface area contributed by atoms with Gasteiger partial charge in [0.05, 0.1) is 5.69 Å². The van der Waals surface area contributed by atoms with Crippen LogP contribution in [0.2, 0.25) is 0 Å². The average molecular weight is 257 g/mol. The van der Waals surface area contributed by atoms with E-state index in [4.69, 9.17) is 4.98 Å². The van der Waals surface area contributed by atoms with Gasteiger partial charge in [-0.15, -0.1) is 0 Å². The molecule has 1 aliphatic rings. The van der Waals surface area contributed by atoms with Gasteiger partial charge in [-0.1, -0.05) is 31.7 Å². The molecular formula is C16H23N3. The van der Waals surface area contributed by atoms with Gasteiger partial charge in [0.15, 0.2) is 0 Å². The molecule has 3 heteroatoms. The van der Waals surface area contributed by atoms with Crippen LogP contribution in [0.1, 0.15) is 49.8 Å². The molecule has 0 aromatic carbocycles. The number of hydrogen-bond acceptors (Lipinski definition) is 2. The van der Waals surface area contributed by atoms with E-state index in [1.807, 2.05) is 0 Å². The lowest BCUT2D eigenvalue weighted by molar-refractivity contribution is 0.457. The first-order valence-electron chi connectivity index (χ1n) is 7.49. The average Bonchev–Trinajstić information content (AvgIpc) is 2.66. The van der Waals surface area contributed by atoms with Crippen molar-refractivity contribution in [1.82, 2.24) is 14.7 Å². The van der Waals surface area contributed by atoms with Crippen molar-refractivity contribution in [3.8, 4) is 0 Å². The highest BCUT2D eigenvalue weighted by Crippen LogP contribution is 2.18. The number of rotatable bonds is 3. The van der Waals surface area contributed by atoms with E-state index in [1.165, 1.54) is 44.1 Å². The van der Waals surface area contributed by atoms with Crippen molar-refractivity contribution >= 4 is 5.65 Å². The van der Waals surface area contributed by atoms with E-state index < -0.39 is 0 Å². The molecule has 102 valence electrons. The van der Waals surface area contributed by atoms with Crippen LogP contribution in [0.15, 0.2) is 24.5 Å². The summed E-state index contributed by atoms with van der Waals surface area (Å²) in [4.78, 5) is 4.72. The Bertz CT molecular complexity index is 536. The Labute approximate surface area is 115 Å². The molecule has 1 N–H and O–H groups in total. The standard InChI is InChI=1S/C16H23N3/c1-13-7-6-10-19-12-15(18-16(13)19)11-17-14-8-4-2-3-5-9-14/h6-7,10,12,14,17H,2-5,8-9,11H2,1H3. The third-order valence-electron chi connectivity index (χ3n) is 4.15. The molecule has 0 unspecified atom stereocenters. The molecule has 0 radical (unpaired) electrons. The molecule has 1 saturated carbocycles. The molecule has 0 saturated heterocycles. The molecule has 0 amide bonds. The maximum absolute atomic E-state index is 4.72. The molecule has 0 spiro atoms. The van der Waals surface area contributed by atoms with Gasteiger partial charge >= 0.3 is 0 Å². The molecule has 1 fully saturated rings. The SMILES string of the molecule is Cc1cccn2cc(CNC3CCCCCC3)nc12. The highest BCUT2D eigenvalue weighted by atomic mass is 15.0. The van der Waals surface area contributed by atoms with Crippen LogP contribution in [0.4, 0.5) is 0 Å². The Balaban J connectivity index is 1.66. The van der Waals surface area contributed by atoms with E-state index in [9.17, 15) is 0 Å². The number of hydrogen-bond donors (Lipinski definition) is 1. The lowest BCUT2D eigenvalue weighted by Crippen LogP contribution is -2.27. The minimum atomic E-state index is 0.688. The van der Waals surface area contributed by atoms with Crippen molar-refractivity contribution in [3.05, 3.63) is 35.8 Å². The Hall–Kier alpha value is -1.35. The molecule has 0 atom stereocenters. The molecule has 2 heterocycles. The predicted molar refractivity (Wildman–Crippen MR) is 78.3 cm³/mol. The van der Waals surface area contributed by atoms with Gasteiger partial charge in [-0.3, -0.25) is 0 Å². The number of fused-ring (bicyclic) bond motifs is 1. The van der Waals surface area contributed by atoms with Crippen LogP contribution in [-0.2, 0) is 6.54 Å². The van der Waals surface area contributed by atoms with Gasteiger partial charge in [0.25, 0.3) is 0 Å². The fourth-order valence-corrected chi connectivity index (χ4v) is 3.02. The van der Waals surface area contributed by atoms with E-state index >= 15 is 0 Å². The first-order chi connectivity index (χ1) is 9.33. The summed E-state index contributed by atoms with van der Waals surface area (Å²) in [5, 5.41) is 3.68. The van der Waals surface area contributed by atoms with Crippen LogP contribution >= 0.6 is 0 Å². The summed E-state index contributed by atoms with van der Waals surface area (Å²) in [6, 6.07) is 4.88. The van der Waals surface area contributed by atoms with Crippen molar-refractivity contribution < 1.29 is 0 Å². The van der Waals surface area contributed by atoms with Crippen molar-refractivity contribution in [2.24, 2.45) is 0 Å². The van der Waals surface area contributed by atoms with Gasteiger partial charge in [0, 0.05) is 25.0 Å². The van der Waals surface area contributed by atoms with E-state index in [-0.39, 0.29) is 0 Å². The molecule has 3 nitrogen and oxygen atoms in total. The van der Waals surface area contributed by atoms with Crippen LogP contribution in [0.3, 0.4) is 0 Å². The number of nitrogens with zero attached hydrogens (tertiary/aromatic N) is 2. The molecule has 3 rings (SSSR count). The van der Waals surface area contributed by atoms with Crippen LogP contribution < -0.4 is 5.32 Å². The summed E-state index contributed by atoms with van der Waals surface area (Å²) in [5.41, 5.74) is 3.47. The number of imidazole rings is 1. The first kappa shape index (κ1) is 12.7. The zero-order chi connectivity index (χ0) is 13.1. The monoisotopic (exact) mass is 257 g/mol. The Morgan fingerprint density at radius 1 is 1.26 bits per heavy atom. The molecular weight excluding hydrogens is 234 g/mol. The van der Waals surface area contributed by atoms with Gasteiger partial charge in [-0.05, 0) is 31.4 Å². The van der Waals surface area contributed by atoms with Crippen molar-refractivity contribution in [3.63, 3.8) is 0 Å². The maximum atomic E-state index is 4.72. The van der Waals surface area contributed by atoms with Gasteiger partial charge in [0.1, 0.15) is 5.65 Å². The predicted octanol–water partition coefficient (Wildman–Crippen LogP) is 3.46. The Morgan fingerprint density at radius 2 is 2.05 bits per heavy atom. The van der Waals surface area contributed by atoms with Crippen molar-refractivity contribution in [1.29, 1.82) is 0 Å². The first-order valence-corrected chi connectivity index (χ1v) is 7.49. The van der Waals surface area contributed by atoms with E-state index in [0.29, 0.717) is 6.04 Å². The summed E-state index contributed by atoms with van der Waals surface area (Å²) in [6.45, 7) is 3.01. The molecule has 2 aromatic heterocycles. The van der Waals surface area contributed by atoms with Gasteiger partial charge in [0.2, 0.25) is 0 Å². The lowest BCUT2D eigenvalue weighted by Gasteiger charge is -2.14. The van der Waals surface area contributed by atoms with Crippen LogP contribution in [0, 0.1) is 6.92 Å². The van der Waals surface area contributed by atoms with Crippen LogP contribution in [0.5, 0.6) is 0 Å². The molecule has 0 bridgehead atoms. The zero-order valence-electron chi connectivity index (χ0n) is 11.7. The van der Waals surface area contributed by atoms with Gasteiger partial charge < -0.3 is 9.72 Å². The second-order valence-electron chi connectivity index (χ2n) is 5.72. The third kappa shape index (κ3) is 2.98. The number of pyridine rings is 1. The van der Waals surface area contributed by atoms with Crippen molar-refractivity contribution in [2.45, 2.75) is 58.0 Å². The normalized spacial score (nSPS) is 17.7. The highest BCUT2D eigenvalue weighted by molar-refractivity contribution is 5.47. The highest BCUT2D eigenvalue weighted by Gasteiger charge is 2.12. The number of nitrogens with one attached hydrogen (secondary N) is 1.